The van der Waals surface area contributed by atoms with Crippen molar-refractivity contribution in [1.82, 2.24) is 14.7 Å². The fraction of sp³-hybridized carbons (Fsp3) is 0.524. The Morgan fingerprint density at radius 1 is 1.19 bits per heavy atom. The number of nitrogens with zero attached hydrogens (tertiary/aromatic N) is 3. The second-order valence-electron chi connectivity index (χ2n) is 7.20. The molecule has 0 aliphatic rings. The Morgan fingerprint density at radius 2 is 1.85 bits per heavy atom. The molecule has 0 saturated carbocycles. The number of aryl methyl sites for hydroxylation is 1. The molecule has 2 rings (SSSR count). The third-order valence-corrected chi connectivity index (χ3v) is 5.13. The number of hydrogen-bond donors (Lipinski definition) is 1. The van der Waals surface area contributed by atoms with Crippen LogP contribution in [0.2, 0.25) is 0 Å². The lowest BCUT2D eigenvalue weighted by atomic mass is 10.0. The van der Waals surface area contributed by atoms with Gasteiger partial charge >= 0.3 is 0 Å². The van der Waals surface area contributed by atoms with Crippen LogP contribution in [0.3, 0.4) is 0 Å². The van der Waals surface area contributed by atoms with Gasteiger partial charge in [-0.2, -0.15) is 5.10 Å². The van der Waals surface area contributed by atoms with Gasteiger partial charge in [0.1, 0.15) is 0 Å². The minimum absolute atomic E-state index is 0.0400. The summed E-state index contributed by atoms with van der Waals surface area (Å²) < 4.78 is 1.88. The lowest BCUT2D eigenvalue weighted by Crippen LogP contribution is -2.38. The van der Waals surface area contributed by atoms with Crippen LogP contribution in [0.15, 0.2) is 30.3 Å². The van der Waals surface area contributed by atoms with Gasteiger partial charge in [-0.3, -0.25) is 4.79 Å². The van der Waals surface area contributed by atoms with E-state index in [2.05, 4.69) is 43.0 Å². The summed E-state index contributed by atoms with van der Waals surface area (Å²) in [6, 6.07) is 10.4. The largest absolute Gasteiger partial charge is 0.323 e. The van der Waals surface area contributed by atoms with Gasteiger partial charge in [-0.05, 0) is 45.4 Å². The molecule has 1 aromatic heterocycles. The third-order valence-electron chi connectivity index (χ3n) is 5.13. The van der Waals surface area contributed by atoms with E-state index in [-0.39, 0.29) is 5.91 Å². The number of benzene rings is 1. The van der Waals surface area contributed by atoms with Crippen molar-refractivity contribution in [3.05, 3.63) is 41.7 Å². The average molecular weight is 357 g/mol. The zero-order valence-electron chi connectivity index (χ0n) is 16.9. The molecule has 1 atom stereocenters. The van der Waals surface area contributed by atoms with Gasteiger partial charge in [-0.15, -0.1) is 0 Å². The first-order valence-corrected chi connectivity index (χ1v) is 9.50. The van der Waals surface area contributed by atoms with Crippen molar-refractivity contribution < 1.29 is 4.79 Å². The smallest absolute Gasteiger partial charge is 0.225 e. The summed E-state index contributed by atoms with van der Waals surface area (Å²) >= 11 is 0. The first-order chi connectivity index (χ1) is 12.3. The number of rotatable bonds is 8. The van der Waals surface area contributed by atoms with Crippen LogP contribution in [0.1, 0.15) is 45.5 Å². The van der Waals surface area contributed by atoms with E-state index in [1.807, 2.05) is 48.9 Å². The maximum absolute atomic E-state index is 12.5. The first-order valence-electron chi connectivity index (χ1n) is 9.50. The van der Waals surface area contributed by atoms with Crippen LogP contribution in [0.5, 0.6) is 0 Å². The number of nitrogens with one attached hydrogen (secondary N) is 1. The summed E-state index contributed by atoms with van der Waals surface area (Å²) in [5.74, 6) is 0.616. The molecule has 0 aliphatic carbocycles. The van der Waals surface area contributed by atoms with Crippen molar-refractivity contribution in [2.45, 2.75) is 54.0 Å². The molecule has 26 heavy (non-hydrogen) atoms. The minimum atomic E-state index is 0.0400. The van der Waals surface area contributed by atoms with E-state index in [4.69, 9.17) is 0 Å². The molecule has 1 N–H and O–H groups in total. The highest BCUT2D eigenvalue weighted by atomic mass is 16.1. The Bertz CT molecular complexity index is 721. The van der Waals surface area contributed by atoms with Crippen LogP contribution in [-0.2, 0) is 4.79 Å². The highest BCUT2D eigenvalue weighted by Crippen LogP contribution is 2.23. The molecule has 1 heterocycles. The number of carbonyl (C=O) groups is 1. The maximum Gasteiger partial charge on any atom is 0.225 e. The van der Waals surface area contributed by atoms with E-state index >= 15 is 0 Å². The van der Waals surface area contributed by atoms with Crippen molar-refractivity contribution >= 4 is 11.6 Å². The molecule has 0 bridgehead atoms. The molecule has 0 saturated heterocycles. The summed E-state index contributed by atoms with van der Waals surface area (Å²) in [7, 11) is 0. The Kier molecular flexibility index (Phi) is 6.98. The van der Waals surface area contributed by atoms with E-state index < -0.39 is 0 Å². The summed E-state index contributed by atoms with van der Waals surface area (Å²) in [4.78, 5) is 14.9. The highest BCUT2D eigenvalue weighted by molar-refractivity contribution is 5.92. The van der Waals surface area contributed by atoms with E-state index in [1.54, 1.807) is 0 Å². The number of amides is 1. The standard InChI is InChI=1S/C21H32N4O/c1-7-24(17(5)15(2)3)14-13-20(26)22-21-16(4)23-25(18(21)6)19-11-9-8-10-12-19/h8-12,15,17H,7,13-14H2,1-6H3,(H,22,26). The molecule has 142 valence electrons. The third kappa shape index (κ3) is 4.73. The number of para-hydroxylation sites is 1. The fourth-order valence-electron chi connectivity index (χ4n) is 3.16. The zero-order valence-corrected chi connectivity index (χ0v) is 16.9. The Morgan fingerprint density at radius 3 is 2.42 bits per heavy atom. The van der Waals surface area contributed by atoms with E-state index in [1.165, 1.54) is 0 Å². The first kappa shape index (κ1) is 20.2. The van der Waals surface area contributed by atoms with E-state index in [0.29, 0.717) is 18.4 Å². The predicted molar refractivity (Wildman–Crippen MR) is 108 cm³/mol. The summed E-state index contributed by atoms with van der Waals surface area (Å²) in [6.45, 7) is 14.5. The van der Waals surface area contributed by atoms with Gasteiger partial charge < -0.3 is 10.2 Å². The molecule has 2 aromatic rings. The summed E-state index contributed by atoms with van der Waals surface area (Å²) in [5.41, 5.74) is 3.60. The lowest BCUT2D eigenvalue weighted by molar-refractivity contribution is -0.116. The minimum Gasteiger partial charge on any atom is -0.323 e. The molecule has 0 radical (unpaired) electrons. The van der Waals surface area contributed by atoms with Gasteiger partial charge in [0.25, 0.3) is 0 Å². The monoisotopic (exact) mass is 356 g/mol. The van der Waals surface area contributed by atoms with Crippen molar-refractivity contribution in [3.8, 4) is 5.69 Å². The molecule has 1 unspecified atom stereocenters. The zero-order chi connectivity index (χ0) is 19.3. The predicted octanol–water partition coefficient (Wildman–Crippen LogP) is 4.18. The van der Waals surface area contributed by atoms with E-state index in [0.717, 1.165) is 35.9 Å². The topological polar surface area (TPSA) is 50.2 Å². The van der Waals surface area contributed by atoms with Crippen molar-refractivity contribution in [3.63, 3.8) is 0 Å². The molecular weight excluding hydrogens is 324 g/mol. The van der Waals surface area contributed by atoms with Crippen LogP contribution in [-0.4, -0.2) is 39.7 Å². The molecule has 1 aromatic carbocycles. The van der Waals surface area contributed by atoms with Gasteiger partial charge in [-0.25, -0.2) is 4.68 Å². The Hall–Kier alpha value is -2.14. The highest BCUT2D eigenvalue weighted by Gasteiger charge is 2.18. The molecule has 5 heteroatoms. The van der Waals surface area contributed by atoms with Gasteiger partial charge in [0.05, 0.1) is 22.8 Å². The quantitative estimate of drug-likeness (QED) is 0.772. The van der Waals surface area contributed by atoms with E-state index in [9.17, 15) is 4.79 Å². The average Bonchev–Trinajstić information content (AvgIpc) is 2.90. The Labute approximate surface area is 157 Å². The molecule has 1 amide bonds. The van der Waals surface area contributed by atoms with Gasteiger partial charge in [0.15, 0.2) is 0 Å². The van der Waals surface area contributed by atoms with Gasteiger partial charge in [0.2, 0.25) is 5.91 Å². The second kappa shape index (κ2) is 8.99. The molecule has 0 spiro atoms. The second-order valence-corrected chi connectivity index (χ2v) is 7.20. The van der Waals surface area contributed by atoms with Crippen molar-refractivity contribution in [1.29, 1.82) is 0 Å². The summed E-state index contributed by atoms with van der Waals surface area (Å²) in [6.07, 6.45) is 0.486. The number of anilines is 1. The van der Waals surface area contributed by atoms with Crippen LogP contribution in [0, 0.1) is 19.8 Å². The fourth-order valence-corrected chi connectivity index (χ4v) is 3.16. The normalized spacial score (nSPS) is 12.6. The SMILES string of the molecule is CCN(CCC(=O)Nc1c(C)nn(-c2ccccc2)c1C)C(C)C(C)C. The van der Waals surface area contributed by atoms with Gasteiger partial charge in [-0.1, -0.05) is 39.0 Å². The maximum atomic E-state index is 12.5. The molecule has 5 nitrogen and oxygen atoms in total. The lowest BCUT2D eigenvalue weighted by Gasteiger charge is -2.30. The number of aromatic nitrogens is 2. The van der Waals surface area contributed by atoms with Gasteiger partial charge in [0, 0.05) is 19.0 Å². The van der Waals surface area contributed by atoms with Crippen LogP contribution >= 0.6 is 0 Å². The van der Waals surface area contributed by atoms with Crippen LogP contribution in [0.25, 0.3) is 5.69 Å². The number of hydrogen-bond acceptors (Lipinski definition) is 3. The molecule has 0 aliphatic heterocycles. The molecule has 0 fully saturated rings. The van der Waals surface area contributed by atoms with Crippen molar-refractivity contribution in [2.75, 3.05) is 18.4 Å². The summed E-state index contributed by atoms with van der Waals surface area (Å²) in [5, 5.41) is 7.66. The molecular formula is C21H32N4O. The van der Waals surface area contributed by atoms with Crippen LogP contribution < -0.4 is 5.32 Å². The van der Waals surface area contributed by atoms with Crippen LogP contribution in [0.4, 0.5) is 5.69 Å². The van der Waals surface area contributed by atoms with Crippen molar-refractivity contribution in [2.24, 2.45) is 5.92 Å². The number of carbonyl (C=O) groups excluding carboxylic acids is 1. The Balaban J connectivity index is 2.04.